The minimum atomic E-state index is -0.588. The first-order valence-corrected chi connectivity index (χ1v) is 12.0. The first-order valence-electron chi connectivity index (χ1n) is 12.0. The van der Waals surface area contributed by atoms with E-state index in [-0.39, 0.29) is 13.2 Å². The number of rotatable bonds is 26. The molecule has 0 aliphatic heterocycles. The van der Waals surface area contributed by atoms with Crippen molar-refractivity contribution in [2.24, 2.45) is 0 Å². The van der Waals surface area contributed by atoms with Crippen molar-refractivity contribution >= 4 is 0 Å². The molecule has 2 N–H and O–H groups in total. The molecule has 0 aliphatic rings. The Balaban J connectivity index is 3.13. The lowest BCUT2D eigenvalue weighted by molar-refractivity contribution is -0.0391. The molecular formula is C23H48O7. The molecule has 1 atom stereocenters. The van der Waals surface area contributed by atoms with E-state index in [9.17, 15) is 5.11 Å². The highest BCUT2D eigenvalue weighted by Crippen LogP contribution is 2.10. The SMILES string of the molecule is CCCCCCCCCCCCOCC(O)COCCOCCOCCOCCO. The Hall–Kier alpha value is -0.280. The molecule has 0 saturated carbocycles. The van der Waals surface area contributed by atoms with Gasteiger partial charge in [0.2, 0.25) is 0 Å². The zero-order valence-corrected chi connectivity index (χ0v) is 19.4. The fraction of sp³-hybridized carbons (Fsp3) is 1.00. The van der Waals surface area contributed by atoms with Crippen molar-refractivity contribution in [1.29, 1.82) is 0 Å². The molecule has 0 rings (SSSR count). The summed E-state index contributed by atoms with van der Waals surface area (Å²) in [6.07, 6.45) is 12.5. The minimum Gasteiger partial charge on any atom is -0.394 e. The predicted molar refractivity (Wildman–Crippen MR) is 119 cm³/mol. The van der Waals surface area contributed by atoms with Crippen molar-refractivity contribution < 1.29 is 33.9 Å². The van der Waals surface area contributed by atoms with Gasteiger partial charge in [0.1, 0.15) is 6.10 Å². The van der Waals surface area contributed by atoms with Gasteiger partial charge in [-0.1, -0.05) is 64.7 Å². The summed E-state index contributed by atoms with van der Waals surface area (Å²) >= 11 is 0. The lowest BCUT2D eigenvalue weighted by atomic mass is 10.1. The third-order valence-corrected chi connectivity index (χ3v) is 4.61. The Morgan fingerprint density at radius 3 is 1.40 bits per heavy atom. The highest BCUT2D eigenvalue weighted by molar-refractivity contribution is 4.52. The average molecular weight is 437 g/mol. The minimum absolute atomic E-state index is 0.0310. The summed E-state index contributed by atoms with van der Waals surface area (Å²) < 4.78 is 26.7. The van der Waals surface area contributed by atoms with Crippen LogP contribution in [0.4, 0.5) is 0 Å². The summed E-state index contributed by atoms with van der Waals surface area (Å²) in [7, 11) is 0. The highest BCUT2D eigenvalue weighted by atomic mass is 16.6. The normalized spacial score (nSPS) is 12.5. The Labute approximate surface area is 184 Å². The van der Waals surface area contributed by atoms with Gasteiger partial charge in [0.25, 0.3) is 0 Å². The van der Waals surface area contributed by atoms with Crippen LogP contribution in [0, 0.1) is 0 Å². The Morgan fingerprint density at radius 1 is 0.500 bits per heavy atom. The van der Waals surface area contributed by atoms with E-state index in [1.807, 2.05) is 0 Å². The molecule has 30 heavy (non-hydrogen) atoms. The molecule has 7 nitrogen and oxygen atoms in total. The summed E-state index contributed by atoms with van der Waals surface area (Å²) in [6.45, 7) is 6.79. The second kappa shape index (κ2) is 26.8. The van der Waals surface area contributed by atoms with Crippen LogP contribution in [0.3, 0.4) is 0 Å². The highest BCUT2D eigenvalue weighted by Gasteiger charge is 2.04. The molecule has 0 spiro atoms. The number of aliphatic hydroxyl groups excluding tert-OH is 2. The lowest BCUT2D eigenvalue weighted by Gasteiger charge is -2.12. The molecule has 0 fully saturated rings. The number of unbranched alkanes of at least 4 members (excludes halogenated alkanes) is 9. The third kappa shape index (κ3) is 25.8. The molecule has 1 unspecified atom stereocenters. The van der Waals surface area contributed by atoms with Crippen molar-refractivity contribution in [3.05, 3.63) is 0 Å². The monoisotopic (exact) mass is 436 g/mol. The maximum absolute atomic E-state index is 9.83. The largest absolute Gasteiger partial charge is 0.394 e. The molecule has 0 radical (unpaired) electrons. The van der Waals surface area contributed by atoms with Crippen molar-refractivity contribution in [2.45, 2.75) is 77.2 Å². The van der Waals surface area contributed by atoms with Gasteiger partial charge in [-0.05, 0) is 6.42 Å². The maximum atomic E-state index is 9.83. The Morgan fingerprint density at radius 2 is 0.900 bits per heavy atom. The van der Waals surface area contributed by atoms with E-state index in [0.717, 1.165) is 6.42 Å². The average Bonchev–Trinajstić information content (AvgIpc) is 2.75. The van der Waals surface area contributed by atoms with Crippen molar-refractivity contribution in [2.75, 3.05) is 72.7 Å². The molecule has 0 aliphatic carbocycles. The third-order valence-electron chi connectivity index (χ3n) is 4.61. The Kier molecular flexibility index (Phi) is 26.5. The second-order valence-electron chi connectivity index (χ2n) is 7.55. The molecule has 0 aromatic carbocycles. The van der Waals surface area contributed by atoms with Gasteiger partial charge in [0, 0.05) is 6.61 Å². The fourth-order valence-electron chi connectivity index (χ4n) is 2.90. The molecule has 0 aromatic rings. The second-order valence-corrected chi connectivity index (χ2v) is 7.55. The van der Waals surface area contributed by atoms with E-state index in [1.54, 1.807) is 0 Å². The summed E-state index contributed by atoms with van der Waals surface area (Å²) in [4.78, 5) is 0. The van der Waals surface area contributed by atoms with E-state index >= 15 is 0 Å². The van der Waals surface area contributed by atoms with Crippen LogP contribution >= 0.6 is 0 Å². The quantitative estimate of drug-likeness (QED) is 0.201. The standard InChI is InChI=1S/C23H48O7/c1-2-3-4-5-6-7-8-9-10-11-13-29-21-23(25)22-30-20-19-28-18-17-27-16-15-26-14-12-24/h23-25H,2-22H2,1H3. The van der Waals surface area contributed by atoms with E-state index in [1.165, 1.54) is 57.8 Å². The first-order chi connectivity index (χ1) is 14.8. The van der Waals surface area contributed by atoms with Crippen LogP contribution < -0.4 is 0 Å². The van der Waals surface area contributed by atoms with Crippen molar-refractivity contribution in [3.8, 4) is 0 Å². The van der Waals surface area contributed by atoms with Gasteiger partial charge >= 0.3 is 0 Å². The predicted octanol–water partition coefficient (Wildman–Crippen LogP) is 3.34. The summed E-state index contributed by atoms with van der Waals surface area (Å²) in [5, 5.41) is 18.4. The van der Waals surface area contributed by atoms with Gasteiger partial charge in [0.05, 0.1) is 66.1 Å². The topological polar surface area (TPSA) is 86.6 Å². The lowest BCUT2D eigenvalue weighted by Crippen LogP contribution is -2.23. The van der Waals surface area contributed by atoms with Crippen LogP contribution in [0.1, 0.15) is 71.1 Å². The molecule has 0 aromatic heterocycles. The molecule has 7 heteroatoms. The van der Waals surface area contributed by atoms with Crippen LogP contribution in [0.15, 0.2) is 0 Å². The molecular weight excluding hydrogens is 388 g/mol. The van der Waals surface area contributed by atoms with Crippen LogP contribution in [0.25, 0.3) is 0 Å². The molecule has 0 saturated heterocycles. The Bertz CT molecular complexity index is 277. The first kappa shape index (κ1) is 29.7. The summed E-state index contributed by atoms with van der Waals surface area (Å²) in [5.41, 5.74) is 0. The number of ether oxygens (including phenoxy) is 5. The maximum Gasteiger partial charge on any atom is 0.101 e. The van der Waals surface area contributed by atoms with E-state index in [2.05, 4.69) is 6.92 Å². The van der Waals surface area contributed by atoms with Gasteiger partial charge in [-0.2, -0.15) is 0 Å². The van der Waals surface area contributed by atoms with Gasteiger partial charge in [0.15, 0.2) is 0 Å². The zero-order valence-electron chi connectivity index (χ0n) is 19.4. The molecule has 0 amide bonds. The summed E-state index contributed by atoms with van der Waals surface area (Å²) in [5.74, 6) is 0. The van der Waals surface area contributed by atoms with Gasteiger partial charge in [-0.25, -0.2) is 0 Å². The molecule has 0 heterocycles. The van der Waals surface area contributed by atoms with Crippen LogP contribution in [0.2, 0.25) is 0 Å². The van der Waals surface area contributed by atoms with Crippen molar-refractivity contribution in [3.63, 3.8) is 0 Å². The number of aliphatic hydroxyl groups is 2. The summed E-state index contributed by atoms with van der Waals surface area (Å²) in [6, 6.07) is 0. The van der Waals surface area contributed by atoms with Crippen LogP contribution in [-0.4, -0.2) is 89.0 Å². The van der Waals surface area contributed by atoms with Gasteiger partial charge < -0.3 is 33.9 Å². The van der Waals surface area contributed by atoms with Gasteiger partial charge in [-0.15, -0.1) is 0 Å². The zero-order chi connectivity index (χ0) is 22.0. The van der Waals surface area contributed by atoms with E-state index in [0.29, 0.717) is 59.5 Å². The molecule has 182 valence electrons. The van der Waals surface area contributed by atoms with E-state index < -0.39 is 6.10 Å². The van der Waals surface area contributed by atoms with Crippen LogP contribution in [-0.2, 0) is 23.7 Å². The smallest absolute Gasteiger partial charge is 0.101 e. The number of hydrogen-bond acceptors (Lipinski definition) is 7. The number of hydrogen-bond donors (Lipinski definition) is 2. The van der Waals surface area contributed by atoms with E-state index in [4.69, 9.17) is 28.8 Å². The fourth-order valence-corrected chi connectivity index (χ4v) is 2.90. The van der Waals surface area contributed by atoms with Gasteiger partial charge in [-0.3, -0.25) is 0 Å². The molecule has 0 bridgehead atoms. The van der Waals surface area contributed by atoms with Crippen LogP contribution in [0.5, 0.6) is 0 Å². The van der Waals surface area contributed by atoms with Crippen molar-refractivity contribution in [1.82, 2.24) is 0 Å².